The van der Waals surface area contributed by atoms with Crippen LogP contribution in [0.15, 0.2) is 16.7 Å². The summed E-state index contributed by atoms with van der Waals surface area (Å²) in [6, 6.07) is 3.36. The molecule has 70 valence electrons. The molecule has 0 radical (unpaired) electrons. The van der Waals surface area contributed by atoms with Crippen LogP contribution in [0.2, 0.25) is 5.15 Å². The number of methoxy groups -OCH3 is 1. The summed E-state index contributed by atoms with van der Waals surface area (Å²) in [5, 5.41) is 0.389. The Hall–Kier alpha value is -0.610. The average Bonchev–Trinajstić information content (AvgIpc) is 2.09. The third-order valence-electron chi connectivity index (χ3n) is 1.45. The zero-order valence-corrected chi connectivity index (χ0v) is 9.22. The van der Waals surface area contributed by atoms with E-state index in [0.29, 0.717) is 9.76 Å². The topological polar surface area (TPSA) is 39.2 Å². The molecule has 13 heavy (non-hydrogen) atoms. The normalized spacial score (nSPS) is 9.77. The van der Waals surface area contributed by atoms with Crippen molar-refractivity contribution in [1.29, 1.82) is 0 Å². The van der Waals surface area contributed by atoms with Gasteiger partial charge in [-0.2, -0.15) is 0 Å². The highest BCUT2D eigenvalue weighted by molar-refractivity contribution is 9.10. The van der Waals surface area contributed by atoms with Crippen LogP contribution in [0, 0.1) is 0 Å². The summed E-state index contributed by atoms with van der Waals surface area (Å²) in [6.07, 6.45) is 0.196. The van der Waals surface area contributed by atoms with E-state index in [1.165, 1.54) is 7.11 Å². The number of esters is 1. The number of carbonyl (C=O) groups is 1. The maximum Gasteiger partial charge on any atom is 0.310 e. The molecule has 1 aromatic heterocycles. The lowest BCUT2D eigenvalue weighted by atomic mass is 10.2. The summed E-state index contributed by atoms with van der Waals surface area (Å²) in [5.41, 5.74) is 0.760. The van der Waals surface area contributed by atoms with Gasteiger partial charge in [-0.1, -0.05) is 17.7 Å². The van der Waals surface area contributed by atoms with Gasteiger partial charge in [-0.3, -0.25) is 4.79 Å². The Kier molecular flexibility index (Phi) is 3.69. The summed E-state index contributed by atoms with van der Waals surface area (Å²) in [7, 11) is 1.35. The van der Waals surface area contributed by atoms with Gasteiger partial charge >= 0.3 is 5.97 Å². The fourth-order valence-electron chi connectivity index (χ4n) is 0.800. The van der Waals surface area contributed by atoms with Crippen LogP contribution in [0.4, 0.5) is 0 Å². The minimum Gasteiger partial charge on any atom is -0.469 e. The third-order valence-corrected chi connectivity index (χ3v) is 2.35. The Balaban J connectivity index is 2.83. The van der Waals surface area contributed by atoms with Gasteiger partial charge in [0.2, 0.25) is 0 Å². The van der Waals surface area contributed by atoms with Gasteiger partial charge in [-0.25, -0.2) is 4.98 Å². The lowest BCUT2D eigenvalue weighted by Crippen LogP contribution is -2.05. The van der Waals surface area contributed by atoms with E-state index < -0.39 is 0 Å². The molecule has 0 aliphatic carbocycles. The number of ether oxygens (including phenoxy) is 1. The van der Waals surface area contributed by atoms with E-state index in [0.717, 1.165) is 5.56 Å². The molecule has 0 saturated carbocycles. The van der Waals surface area contributed by atoms with Crippen molar-refractivity contribution in [2.45, 2.75) is 6.42 Å². The van der Waals surface area contributed by atoms with Crippen LogP contribution in [0.1, 0.15) is 5.56 Å². The number of hydrogen-bond acceptors (Lipinski definition) is 3. The van der Waals surface area contributed by atoms with Gasteiger partial charge in [-0.05, 0) is 27.6 Å². The number of aromatic nitrogens is 1. The summed E-state index contributed by atoms with van der Waals surface area (Å²) < 4.78 is 5.09. The molecule has 1 heterocycles. The standard InChI is InChI=1S/C8H7BrClNO2/c1-13-7(12)4-5-2-3-6(10)11-8(5)9/h2-3H,4H2,1H3. The quantitative estimate of drug-likeness (QED) is 0.607. The monoisotopic (exact) mass is 263 g/mol. The fraction of sp³-hybridized carbons (Fsp3) is 0.250. The minimum absolute atomic E-state index is 0.196. The predicted molar refractivity (Wildman–Crippen MR) is 52.7 cm³/mol. The highest BCUT2D eigenvalue weighted by Crippen LogP contribution is 2.17. The SMILES string of the molecule is COC(=O)Cc1ccc(Cl)nc1Br. The first kappa shape index (κ1) is 10.5. The number of nitrogens with zero attached hydrogens (tertiary/aromatic N) is 1. The van der Waals surface area contributed by atoms with Crippen LogP contribution in [-0.2, 0) is 16.0 Å². The van der Waals surface area contributed by atoms with E-state index in [9.17, 15) is 4.79 Å². The molecule has 0 N–H and O–H groups in total. The lowest BCUT2D eigenvalue weighted by Gasteiger charge is -2.01. The predicted octanol–water partition coefficient (Wildman–Crippen LogP) is 2.21. The Labute approximate surface area is 89.2 Å². The molecule has 1 aromatic rings. The molecule has 0 spiro atoms. The van der Waals surface area contributed by atoms with Crippen molar-refractivity contribution in [1.82, 2.24) is 4.98 Å². The molecule has 0 amide bonds. The second-order valence-corrected chi connectivity index (χ2v) is 3.48. The molecule has 5 heteroatoms. The van der Waals surface area contributed by atoms with Crippen LogP contribution in [-0.4, -0.2) is 18.1 Å². The van der Waals surface area contributed by atoms with Crippen molar-refractivity contribution in [2.24, 2.45) is 0 Å². The van der Waals surface area contributed by atoms with E-state index >= 15 is 0 Å². The molecule has 0 aliphatic heterocycles. The van der Waals surface area contributed by atoms with Crippen molar-refractivity contribution in [3.8, 4) is 0 Å². The maximum absolute atomic E-state index is 10.9. The fourth-order valence-corrected chi connectivity index (χ4v) is 1.51. The molecule has 0 unspecified atom stereocenters. The molecule has 0 saturated heterocycles. The van der Waals surface area contributed by atoms with Gasteiger partial charge in [0.05, 0.1) is 13.5 Å². The van der Waals surface area contributed by atoms with Crippen LogP contribution >= 0.6 is 27.5 Å². The first-order valence-electron chi connectivity index (χ1n) is 3.51. The van der Waals surface area contributed by atoms with Gasteiger partial charge in [0.25, 0.3) is 0 Å². The van der Waals surface area contributed by atoms with E-state index in [1.54, 1.807) is 12.1 Å². The van der Waals surface area contributed by atoms with Gasteiger partial charge in [-0.15, -0.1) is 0 Å². The second kappa shape index (κ2) is 4.58. The highest BCUT2D eigenvalue weighted by Gasteiger charge is 2.07. The molecule has 0 aliphatic rings. The van der Waals surface area contributed by atoms with E-state index in [1.807, 2.05) is 0 Å². The third kappa shape index (κ3) is 2.97. The number of halogens is 2. The van der Waals surface area contributed by atoms with Crippen molar-refractivity contribution in [2.75, 3.05) is 7.11 Å². The molecule has 0 bridgehead atoms. The molecule has 0 fully saturated rings. The number of carbonyl (C=O) groups excluding carboxylic acids is 1. The van der Waals surface area contributed by atoms with Gasteiger partial charge in [0, 0.05) is 0 Å². The van der Waals surface area contributed by atoms with E-state index in [2.05, 4.69) is 25.7 Å². The second-order valence-electron chi connectivity index (χ2n) is 2.34. The van der Waals surface area contributed by atoms with Crippen molar-refractivity contribution < 1.29 is 9.53 Å². The molecule has 3 nitrogen and oxygen atoms in total. The van der Waals surface area contributed by atoms with Crippen molar-refractivity contribution >= 4 is 33.5 Å². The Morgan fingerprint density at radius 2 is 2.38 bits per heavy atom. The molecular weight excluding hydrogens is 257 g/mol. The Morgan fingerprint density at radius 3 is 2.92 bits per heavy atom. The molecule has 1 rings (SSSR count). The summed E-state index contributed by atoms with van der Waals surface area (Å²) in [5.74, 6) is -0.301. The number of rotatable bonds is 2. The van der Waals surface area contributed by atoms with Crippen LogP contribution in [0.25, 0.3) is 0 Å². The highest BCUT2D eigenvalue weighted by atomic mass is 79.9. The van der Waals surface area contributed by atoms with Crippen LogP contribution < -0.4 is 0 Å². The zero-order valence-electron chi connectivity index (χ0n) is 6.88. The van der Waals surface area contributed by atoms with E-state index in [-0.39, 0.29) is 12.4 Å². The zero-order chi connectivity index (χ0) is 9.84. The lowest BCUT2D eigenvalue weighted by molar-refractivity contribution is -0.139. The molecular formula is C8H7BrClNO2. The summed E-state index contributed by atoms with van der Waals surface area (Å²) >= 11 is 8.83. The summed E-state index contributed by atoms with van der Waals surface area (Å²) in [4.78, 5) is 14.8. The first-order valence-corrected chi connectivity index (χ1v) is 4.68. The van der Waals surface area contributed by atoms with Gasteiger partial charge < -0.3 is 4.74 Å². The number of pyridine rings is 1. The van der Waals surface area contributed by atoms with Crippen molar-refractivity contribution in [3.63, 3.8) is 0 Å². The first-order chi connectivity index (χ1) is 6.13. The molecule has 0 atom stereocenters. The average molecular weight is 265 g/mol. The van der Waals surface area contributed by atoms with Crippen molar-refractivity contribution in [3.05, 3.63) is 27.5 Å². The Bertz CT molecular complexity index is 330. The van der Waals surface area contributed by atoms with E-state index in [4.69, 9.17) is 11.6 Å². The van der Waals surface area contributed by atoms with Gasteiger partial charge in [0.15, 0.2) is 0 Å². The smallest absolute Gasteiger partial charge is 0.310 e. The van der Waals surface area contributed by atoms with Gasteiger partial charge in [0.1, 0.15) is 9.76 Å². The summed E-state index contributed by atoms with van der Waals surface area (Å²) in [6.45, 7) is 0. The van der Waals surface area contributed by atoms with Crippen LogP contribution in [0.3, 0.4) is 0 Å². The minimum atomic E-state index is -0.301. The molecule has 0 aromatic carbocycles. The Morgan fingerprint density at radius 1 is 1.69 bits per heavy atom. The maximum atomic E-state index is 10.9. The van der Waals surface area contributed by atoms with Crippen LogP contribution in [0.5, 0.6) is 0 Å². The largest absolute Gasteiger partial charge is 0.469 e. The number of hydrogen-bond donors (Lipinski definition) is 0.